The minimum atomic E-state index is -0.443. The first-order chi connectivity index (χ1) is 9.61. The van der Waals surface area contributed by atoms with E-state index < -0.39 is 5.75 Å². The number of likely N-dealkylation sites (tertiary alicyclic amines) is 1. The van der Waals surface area contributed by atoms with Crippen LogP contribution < -0.4 is 5.32 Å². The third kappa shape index (κ3) is 3.55. The van der Waals surface area contributed by atoms with Gasteiger partial charge in [0, 0.05) is 18.2 Å². The summed E-state index contributed by atoms with van der Waals surface area (Å²) in [6.07, 6.45) is 3.40. The summed E-state index contributed by atoms with van der Waals surface area (Å²) in [6.45, 7) is 6.08. The van der Waals surface area contributed by atoms with Gasteiger partial charge in [-0.3, -0.25) is 0 Å². The van der Waals surface area contributed by atoms with Crippen molar-refractivity contribution in [2.45, 2.75) is 38.8 Å². The molecule has 2 rings (SSSR count). The Kier molecular flexibility index (Phi) is 5.09. The molecule has 1 saturated heterocycles. The summed E-state index contributed by atoms with van der Waals surface area (Å²) in [4.78, 5) is 2.47. The van der Waals surface area contributed by atoms with Crippen LogP contribution in [0.4, 0.5) is 0 Å². The van der Waals surface area contributed by atoms with E-state index in [4.69, 9.17) is 0 Å². The second kappa shape index (κ2) is 6.81. The Bertz CT molecular complexity index is 443. The zero-order valence-electron chi connectivity index (χ0n) is 12.0. The molecule has 0 saturated carbocycles. The van der Waals surface area contributed by atoms with Gasteiger partial charge in [-0.25, -0.2) is 0 Å². The molecule has 0 aromatic heterocycles. The summed E-state index contributed by atoms with van der Waals surface area (Å²) in [5, 5.41) is 31.9. The smallest absolute Gasteiger partial charge is 0.200 e. The average Bonchev–Trinajstić information content (AvgIpc) is 2.46. The maximum atomic E-state index is 9.76. The second-order valence-electron chi connectivity index (χ2n) is 5.44. The Hall–Kier alpha value is -1.46. The molecule has 0 spiro atoms. The van der Waals surface area contributed by atoms with Crippen LogP contribution in [0, 0.1) is 0 Å². The van der Waals surface area contributed by atoms with Crippen LogP contribution in [0.3, 0.4) is 0 Å². The quantitative estimate of drug-likeness (QED) is 0.618. The van der Waals surface area contributed by atoms with Crippen LogP contribution >= 0.6 is 0 Å². The molecule has 0 unspecified atom stereocenters. The summed E-state index contributed by atoms with van der Waals surface area (Å²) in [5.74, 6) is -0.970. The van der Waals surface area contributed by atoms with E-state index in [1.807, 2.05) is 0 Å². The molecule has 0 aliphatic carbocycles. The van der Waals surface area contributed by atoms with Crippen molar-refractivity contribution in [1.29, 1.82) is 0 Å². The molecule has 5 nitrogen and oxygen atoms in total. The normalized spacial score (nSPS) is 17.4. The fourth-order valence-electron chi connectivity index (χ4n) is 2.68. The Labute approximate surface area is 119 Å². The molecular formula is C15H24N2O3. The lowest BCUT2D eigenvalue weighted by molar-refractivity contribution is 0.197. The summed E-state index contributed by atoms with van der Waals surface area (Å²) in [7, 11) is 0. The van der Waals surface area contributed by atoms with E-state index in [9.17, 15) is 15.3 Å². The monoisotopic (exact) mass is 280 g/mol. The first-order valence-electron chi connectivity index (χ1n) is 7.30. The number of hydrogen-bond donors (Lipinski definition) is 4. The van der Waals surface area contributed by atoms with Gasteiger partial charge in [0.1, 0.15) is 0 Å². The Balaban J connectivity index is 1.83. The van der Waals surface area contributed by atoms with E-state index in [0.29, 0.717) is 18.2 Å². The highest BCUT2D eigenvalue weighted by atomic mass is 16.3. The fraction of sp³-hybridized carbons (Fsp3) is 0.600. The van der Waals surface area contributed by atoms with Crippen molar-refractivity contribution in [3.63, 3.8) is 0 Å². The SMILES string of the molecule is CCCN1CCC(NCc2ccc(O)c(O)c2O)CC1. The number of hydrogen-bond acceptors (Lipinski definition) is 5. The highest BCUT2D eigenvalue weighted by molar-refractivity contribution is 5.53. The number of nitrogens with one attached hydrogen (secondary N) is 1. The van der Waals surface area contributed by atoms with Gasteiger partial charge in [-0.05, 0) is 45.0 Å². The lowest BCUT2D eigenvalue weighted by atomic mass is 10.0. The maximum Gasteiger partial charge on any atom is 0.200 e. The summed E-state index contributed by atoms with van der Waals surface area (Å²) < 4.78 is 0. The van der Waals surface area contributed by atoms with Gasteiger partial charge in [0.15, 0.2) is 11.5 Å². The highest BCUT2D eigenvalue weighted by Gasteiger charge is 2.19. The molecule has 4 N–H and O–H groups in total. The van der Waals surface area contributed by atoms with Crippen LogP contribution in [0.2, 0.25) is 0 Å². The van der Waals surface area contributed by atoms with Crippen LogP contribution in [0.25, 0.3) is 0 Å². The molecule has 1 aliphatic rings. The number of phenolic OH excluding ortho intramolecular Hbond substituents is 3. The number of benzene rings is 1. The van der Waals surface area contributed by atoms with Gasteiger partial charge in [-0.1, -0.05) is 13.0 Å². The molecule has 0 amide bonds. The Morgan fingerprint density at radius 2 is 1.85 bits per heavy atom. The van der Waals surface area contributed by atoms with E-state index in [2.05, 4.69) is 17.1 Å². The number of aromatic hydroxyl groups is 3. The Morgan fingerprint density at radius 3 is 2.50 bits per heavy atom. The van der Waals surface area contributed by atoms with Gasteiger partial charge >= 0.3 is 0 Å². The van der Waals surface area contributed by atoms with Crippen LogP contribution in [0.5, 0.6) is 17.2 Å². The number of nitrogens with zero attached hydrogens (tertiary/aromatic N) is 1. The van der Waals surface area contributed by atoms with Gasteiger partial charge < -0.3 is 25.5 Å². The number of rotatable bonds is 5. The molecule has 1 aliphatic heterocycles. The first-order valence-corrected chi connectivity index (χ1v) is 7.30. The summed E-state index contributed by atoms with van der Waals surface area (Å²) in [6, 6.07) is 3.47. The molecule has 1 heterocycles. The summed E-state index contributed by atoms with van der Waals surface area (Å²) in [5.41, 5.74) is 0.608. The lowest BCUT2D eigenvalue weighted by Gasteiger charge is -2.32. The van der Waals surface area contributed by atoms with Crippen molar-refractivity contribution >= 4 is 0 Å². The van der Waals surface area contributed by atoms with Crippen molar-refractivity contribution in [2.75, 3.05) is 19.6 Å². The molecule has 20 heavy (non-hydrogen) atoms. The van der Waals surface area contributed by atoms with E-state index >= 15 is 0 Å². The zero-order valence-corrected chi connectivity index (χ0v) is 12.0. The maximum absolute atomic E-state index is 9.76. The van der Waals surface area contributed by atoms with E-state index in [-0.39, 0.29) is 11.5 Å². The van der Waals surface area contributed by atoms with Gasteiger partial charge in [0.05, 0.1) is 0 Å². The van der Waals surface area contributed by atoms with E-state index in [0.717, 1.165) is 25.9 Å². The summed E-state index contributed by atoms with van der Waals surface area (Å²) >= 11 is 0. The second-order valence-corrected chi connectivity index (χ2v) is 5.44. The highest BCUT2D eigenvalue weighted by Crippen LogP contribution is 2.36. The third-order valence-corrected chi connectivity index (χ3v) is 3.92. The molecule has 5 heteroatoms. The topological polar surface area (TPSA) is 76.0 Å². The predicted octanol–water partition coefficient (Wildman–Crippen LogP) is 1.77. The van der Waals surface area contributed by atoms with Crippen LogP contribution in [0.1, 0.15) is 31.7 Å². The lowest BCUT2D eigenvalue weighted by Crippen LogP contribution is -2.42. The average molecular weight is 280 g/mol. The molecule has 0 atom stereocenters. The third-order valence-electron chi connectivity index (χ3n) is 3.92. The van der Waals surface area contributed by atoms with Gasteiger partial charge in [0.25, 0.3) is 0 Å². The van der Waals surface area contributed by atoms with Gasteiger partial charge in [0.2, 0.25) is 5.75 Å². The van der Waals surface area contributed by atoms with Gasteiger partial charge in [-0.2, -0.15) is 0 Å². The van der Waals surface area contributed by atoms with Crippen molar-refractivity contribution in [3.05, 3.63) is 17.7 Å². The van der Waals surface area contributed by atoms with Crippen molar-refractivity contribution in [2.24, 2.45) is 0 Å². The molecule has 0 radical (unpaired) electrons. The van der Waals surface area contributed by atoms with E-state index in [1.54, 1.807) is 6.07 Å². The molecule has 1 fully saturated rings. The first kappa shape index (κ1) is 14.9. The standard InChI is InChI=1S/C15H24N2O3/c1-2-7-17-8-5-12(6-9-17)16-10-11-3-4-13(18)15(20)14(11)19/h3-4,12,16,18-20H,2,5-10H2,1H3. The van der Waals surface area contributed by atoms with Crippen molar-refractivity contribution < 1.29 is 15.3 Å². The van der Waals surface area contributed by atoms with E-state index in [1.165, 1.54) is 19.0 Å². The molecule has 112 valence electrons. The fourth-order valence-corrected chi connectivity index (χ4v) is 2.68. The van der Waals surface area contributed by atoms with Gasteiger partial charge in [-0.15, -0.1) is 0 Å². The zero-order chi connectivity index (χ0) is 14.5. The van der Waals surface area contributed by atoms with Crippen LogP contribution in [-0.4, -0.2) is 45.9 Å². The van der Waals surface area contributed by atoms with Crippen molar-refractivity contribution in [3.8, 4) is 17.2 Å². The molecule has 1 aromatic rings. The van der Waals surface area contributed by atoms with Crippen molar-refractivity contribution in [1.82, 2.24) is 10.2 Å². The Morgan fingerprint density at radius 1 is 1.15 bits per heavy atom. The predicted molar refractivity (Wildman–Crippen MR) is 78.0 cm³/mol. The minimum Gasteiger partial charge on any atom is -0.504 e. The largest absolute Gasteiger partial charge is 0.504 e. The molecule has 1 aromatic carbocycles. The van der Waals surface area contributed by atoms with Crippen LogP contribution in [0.15, 0.2) is 12.1 Å². The number of piperidine rings is 1. The molecular weight excluding hydrogens is 256 g/mol. The number of phenols is 3. The molecule has 0 bridgehead atoms. The van der Waals surface area contributed by atoms with Crippen LogP contribution in [-0.2, 0) is 6.54 Å². The minimum absolute atomic E-state index is 0.235.